The zero-order valence-corrected chi connectivity index (χ0v) is 11.9. The maximum absolute atomic E-state index is 12.0. The number of hydrogen-bond acceptors (Lipinski definition) is 6. The lowest BCUT2D eigenvalue weighted by Crippen LogP contribution is -2.13. The first-order valence-electron chi connectivity index (χ1n) is 5.62. The fraction of sp³-hybridized carbons (Fsp3) is 0. The molecule has 0 unspecified atom stereocenters. The molecule has 1 aromatic carbocycles. The summed E-state index contributed by atoms with van der Waals surface area (Å²) in [5, 5.41) is 14.9. The number of nitrogens with zero attached hydrogens (tertiary/aromatic N) is 2. The molecular weight excluding hydrogens is 316 g/mol. The van der Waals surface area contributed by atoms with Crippen molar-refractivity contribution in [2.45, 2.75) is 5.03 Å². The molecule has 2 aromatic heterocycles. The average molecular weight is 324 g/mol. The standard InChI is InChI=1S/C11H8N4O4S2/c16-10(17)6-1-2-7-8(5-6)20-11(13-7)15-21(18,19)9-3-4-12-14-9/h1-5H,(H,12,14)(H,13,15)(H,16,17). The third-order valence-electron chi connectivity index (χ3n) is 2.62. The number of sulfonamides is 1. The van der Waals surface area contributed by atoms with Crippen molar-refractivity contribution in [1.82, 2.24) is 15.2 Å². The second-order valence-electron chi connectivity index (χ2n) is 4.03. The molecule has 0 radical (unpaired) electrons. The molecule has 0 saturated heterocycles. The van der Waals surface area contributed by atoms with E-state index in [2.05, 4.69) is 19.9 Å². The van der Waals surface area contributed by atoms with Gasteiger partial charge in [-0.15, -0.1) is 0 Å². The number of carboxylic acid groups (broad SMARTS) is 1. The second kappa shape index (κ2) is 4.82. The zero-order valence-electron chi connectivity index (χ0n) is 10.3. The van der Waals surface area contributed by atoms with E-state index in [4.69, 9.17) is 5.11 Å². The highest BCUT2D eigenvalue weighted by molar-refractivity contribution is 7.92. The minimum absolute atomic E-state index is 0.0759. The molecule has 0 amide bonds. The van der Waals surface area contributed by atoms with E-state index in [0.29, 0.717) is 10.2 Å². The number of rotatable bonds is 4. The van der Waals surface area contributed by atoms with Crippen molar-refractivity contribution in [3.63, 3.8) is 0 Å². The lowest BCUT2D eigenvalue weighted by Gasteiger charge is -2.00. The van der Waals surface area contributed by atoms with Crippen molar-refractivity contribution >= 4 is 42.7 Å². The smallest absolute Gasteiger partial charge is 0.335 e. The summed E-state index contributed by atoms with van der Waals surface area (Å²) in [5.74, 6) is -1.05. The maximum atomic E-state index is 12.0. The zero-order chi connectivity index (χ0) is 15.0. The molecule has 3 rings (SSSR count). The van der Waals surface area contributed by atoms with Crippen LogP contribution < -0.4 is 4.72 Å². The number of carbonyl (C=O) groups is 1. The molecule has 0 saturated carbocycles. The number of fused-ring (bicyclic) bond motifs is 1. The van der Waals surface area contributed by atoms with Gasteiger partial charge >= 0.3 is 5.97 Å². The summed E-state index contributed by atoms with van der Waals surface area (Å²) in [6, 6.07) is 5.71. The monoisotopic (exact) mass is 324 g/mol. The second-order valence-corrected chi connectivity index (χ2v) is 6.71. The van der Waals surface area contributed by atoms with Gasteiger partial charge in [0.15, 0.2) is 10.2 Å². The minimum Gasteiger partial charge on any atom is -0.478 e. The van der Waals surface area contributed by atoms with Crippen LogP contribution in [0.3, 0.4) is 0 Å². The summed E-state index contributed by atoms with van der Waals surface area (Å²) in [6.07, 6.45) is 1.33. The van der Waals surface area contributed by atoms with Gasteiger partial charge in [0.05, 0.1) is 22.0 Å². The number of aromatic amines is 1. The van der Waals surface area contributed by atoms with Gasteiger partial charge < -0.3 is 5.11 Å². The Morgan fingerprint density at radius 2 is 2.14 bits per heavy atom. The van der Waals surface area contributed by atoms with E-state index in [1.54, 1.807) is 0 Å². The van der Waals surface area contributed by atoms with E-state index in [1.807, 2.05) is 0 Å². The van der Waals surface area contributed by atoms with Crippen molar-refractivity contribution in [1.29, 1.82) is 0 Å². The van der Waals surface area contributed by atoms with Gasteiger partial charge in [-0.3, -0.25) is 9.82 Å². The third-order valence-corrected chi connectivity index (χ3v) is 4.95. The summed E-state index contributed by atoms with van der Waals surface area (Å²) >= 11 is 1.05. The Labute approximate surface area is 122 Å². The van der Waals surface area contributed by atoms with E-state index >= 15 is 0 Å². The van der Waals surface area contributed by atoms with Gasteiger partial charge in [-0.05, 0) is 24.3 Å². The Balaban J connectivity index is 1.97. The number of thiazole rings is 1. The average Bonchev–Trinajstić information content (AvgIpc) is 3.06. The molecule has 0 spiro atoms. The summed E-state index contributed by atoms with van der Waals surface area (Å²) < 4.78 is 26.9. The van der Waals surface area contributed by atoms with E-state index in [0.717, 1.165) is 11.3 Å². The predicted octanol–water partition coefficient (Wildman–Crippen LogP) is 1.52. The van der Waals surface area contributed by atoms with Crippen LogP contribution in [-0.4, -0.2) is 34.7 Å². The fourth-order valence-electron chi connectivity index (χ4n) is 1.66. The van der Waals surface area contributed by atoms with E-state index < -0.39 is 16.0 Å². The Hall–Kier alpha value is -2.46. The van der Waals surface area contributed by atoms with E-state index in [9.17, 15) is 13.2 Å². The van der Waals surface area contributed by atoms with Crippen LogP contribution >= 0.6 is 11.3 Å². The Morgan fingerprint density at radius 3 is 2.81 bits per heavy atom. The molecule has 3 N–H and O–H groups in total. The van der Waals surface area contributed by atoms with Gasteiger partial charge in [-0.2, -0.15) is 13.5 Å². The van der Waals surface area contributed by atoms with Gasteiger partial charge in [0.25, 0.3) is 10.0 Å². The number of hydrogen-bond donors (Lipinski definition) is 3. The first kappa shape index (κ1) is 13.5. The number of aromatic carboxylic acids is 1. The van der Waals surface area contributed by atoms with Gasteiger partial charge in [-0.1, -0.05) is 11.3 Å². The minimum atomic E-state index is -3.78. The molecule has 0 aliphatic carbocycles. The van der Waals surface area contributed by atoms with Gasteiger partial charge in [0.1, 0.15) is 0 Å². The van der Waals surface area contributed by atoms with Gasteiger partial charge in [-0.25, -0.2) is 9.78 Å². The molecular formula is C11H8N4O4S2. The lowest BCUT2D eigenvalue weighted by atomic mass is 10.2. The molecule has 0 fully saturated rings. The first-order valence-corrected chi connectivity index (χ1v) is 7.92. The molecule has 0 bridgehead atoms. The van der Waals surface area contributed by atoms with Crippen LogP contribution in [-0.2, 0) is 10.0 Å². The van der Waals surface area contributed by atoms with Gasteiger partial charge in [0, 0.05) is 0 Å². The highest BCUT2D eigenvalue weighted by Crippen LogP contribution is 2.28. The van der Waals surface area contributed by atoms with Crippen molar-refractivity contribution in [2.24, 2.45) is 0 Å². The first-order chi connectivity index (χ1) is 9.95. The topological polar surface area (TPSA) is 125 Å². The van der Waals surface area contributed by atoms with Crippen molar-refractivity contribution in [3.8, 4) is 0 Å². The summed E-state index contributed by atoms with van der Waals surface area (Å²) in [4.78, 5) is 15.0. The van der Waals surface area contributed by atoms with Crippen LogP contribution in [0.1, 0.15) is 10.4 Å². The lowest BCUT2D eigenvalue weighted by molar-refractivity contribution is 0.0697. The van der Waals surface area contributed by atoms with Crippen molar-refractivity contribution < 1.29 is 18.3 Å². The largest absolute Gasteiger partial charge is 0.478 e. The molecule has 0 aliphatic rings. The van der Waals surface area contributed by atoms with Crippen LogP contribution in [0.2, 0.25) is 0 Å². The molecule has 10 heteroatoms. The Bertz CT molecular complexity index is 915. The number of aromatic nitrogens is 3. The molecule has 8 nitrogen and oxygen atoms in total. The van der Waals surface area contributed by atoms with Gasteiger partial charge in [0.2, 0.25) is 0 Å². The number of H-pyrrole nitrogens is 1. The number of nitrogens with one attached hydrogen (secondary N) is 2. The Morgan fingerprint density at radius 1 is 1.33 bits per heavy atom. The molecule has 21 heavy (non-hydrogen) atoms. The summed E-state index contributed by atoms with van der Waals surface area (Å²) in [6.45, 7) is 0. The van der Waals surface area contributed by atoms with E-state index in [-0.39, 0.29) is 15.7 Å². The number of anilines is 1. The highest BCUT2D eigenvalue weighted by atomic mass is 32.2. The van der Waals surface area contributed by atoms with Crippen LogP contribution in [0, 0.1) is 0 Å². The fourth-order valence-corrected chi connectivity index (χ4v) is 3.71. The predicted molar refractivity (Wildman–Crippen MR) is 76.0 cm³/mol. The highest BCUT2D eigenvalue weighted by Gasteiger charge is 2.18. The maximum Gasteiger partial charge on any atom is 0.335 e. The normalized spacial score (nSPS) is 11.6. The molecule has 2 heterocycles. The van der Waals surface area contributed by atoms with Crippen LogP contribution in [0.5, 0.6) is 0 Å². The van der Waals surface area contributed by atoms with E-state index in [1.165, 1.54) is 30.5 Å². The molecule has 108 valence electrons. The third kappa shape index (κ3) is 2.58. The SMILES string of the molecule is O=C(O)c1ccc2nc(NS(=O)(=O)c3ccn[nH]3)sc2c1. The van der Waals surface area contributed by atoms with Crippen LogP contribution in [0.15, 0.2) is 35.5 Å². The Kier molecular flexibility index (Phi) is 3.11. The number of benzene rings is 1. The van der Waals surface area contributed by atoms with Crippen LogP contribution in [0.25, 0.3) is 10.2 Å². The van der Waals surface area contributed by atoms with Crippen molar-refractivity contribution in [2.75, 3.05) is 4.72 Å². The quantitative estimate of drug-likeness (QED) is 0.668. The summed E-state index contributed by atoms with van der Waals surface area (Å²) in [5.41, 5.74) is 0.640. The molecule has 0 aliphatic heterocycles. The van der Waals surface area contributed by atoms with Crippen LogP contribution in [0.4, 0.5) is 5.13 Å². The van der Waals surface area contributed by atoms with Crippen molar-refractivity contribution in [3.05, 3.63) is 36.0 Å². The molecule has 3 aromatic rings. The number of carboxylic acids is 1. The summed E-state index contributed by atoms with van der Waals surface area (Å²) in [7, 11) is -3.78. The molecule has 0 atom stereocenters.